The SMILES string of the molecule is Cc1ccc(OCCCC(=O)N2CCC(N)CC2)cc1C. The summed E-state index contributed by atoms with van der Waals surface area (Å²) in [5.41, 5.74) is 8.34. The first-order valence-corrected chi connectivity index (χ1v) is 7.79. The van der Waals surface area contributed by atoms with Crippen LogP contribution in [0.5, 0.6) is 5.75 Å². The van der Waals surface area contributed by atoms with Crippen LogP contribution in [0.25, 0.3) is 0 Å². The predicted octanol–water partition coefficient (Wildman–Crippen LogP) is 2.41. The van der Waals surface area contributed by atoms with Crippen molar-refractivity contribution in [2.45, 2.75) is 45.6 Å². The number of carbonyl (C=O) groups excluding carboxylic acids is 1. The van der Waals surface area contributed by atoms with Crippen LogP contribution in [0.4, 0.5) is 0 Å². The summed E-state index contributed by atoms with van der Waals surface area (Å²) in [6, 6.07) is 6.36. The molecule has 1 aliphatic heterocycles. The molecule has 1 saturated heterocycles. The third kappa shape index (κ3) is 4.74. The second kappa shape index (κ2) is 7.46. The summed E-state index contributed by atoms with van der Waals surface area (Å²) in [5.74, 6) is 1.11. The standard InChI is InChI=1S/C17H26N2O2/c1-13-5-6-16(12-14(13)2)21-11-3-4-17(20)19-9-7-15(18)8-10-19/h5-6,12,15H,3-4,7-11,18H2,1-2H3. The number of aryl methyl sites for hydroxylation is 2. The molecule has 0 aliphatic carbocycles. The minimum atomic E-state index is 0.227. The normalized spacial score (nSPS) is 16.0. The predicted molar refractivity (Wildman–Crippen MR) is 84.4 cm³/mol. The van der Waals surface area contributed by atoms with Gasteiger partial charge in [0.2, 0.25) is 5.91 Å². The number of rotatable bonds is 5. The van der Waals surface area contributed by atoms with Crippen molar-refractivity contribution in [1.29, 1.82) is 0 Å². The van der Waals surface area contributed by atoms with E-state index in [9.17, 15) is 4.79 Å². The fraction of sp³-hybridized carbons (Fsp3) is 0.588. The Morgan fingerprint density at radius 2 is 2.00 bits per heavy atom. The minimum absolute atomic E-state index is 0.227. The molecule has 21 heavy (non-hydrogen) atoms. The molecule has 0 atom stereocenters. The van der Waals surface area contributed by atoms with E-state index in [0.717, 1.165) is 38.1 Å². The molecular formula is C17H26N2O2. The van der Waals surface area contributed by atoms with Gasteiger partial charge in [0.15, 0.2) is 0 Å². The summed E-state index contributed by atoms with van der Waals surface area (Å²) in [4.78, 5) is 14.0. The number of amides is 1. The Labute approximate surface area is 127 Å². The van der Waals surface area contributed by atoms with Crippen LogP contribution in [0.1, 0.15) is 36.8 Å². The molecule has 1 aromatic carbocycles. The maximum Gasteiger partial charge on any atom is 0.222 e. The Kier molecular flexibility index (Phi) is 5.62. The number of nitrogens with zero attached hydrogens (tertiary/aromatic N) is 1. The monoisotopic (exact) mass is 290 g/mol. The number of nitrogens with two attached hydrogens (primary N) is 1. The van der Waals surface area contributed by atoms with Gasteiger partial charge in [-0.25, -0.2) is 0 Å². The number of likely N-dealkylation sites (tertiary alicyclic amines) is 1. The Balaban J connectivity index is 1.67. The highest BCUT2D eigenvalue weighted by Crippen LogP contribution is 2.17. The zero-order valence-electron chi connectivity index (χ0n) is 13.1. The molecule has 2 N–H and O–H groups in total. The molecule has 4 heteroatoms. The highest BCUT2D eigenvalue weighted by molar-refractivity contribution is 5.76. The van der Waals surface area contributed by atoms with E-state index in [-0.39, 0.29) is 11.9 Å². The van der Waals surface area contributed by atoms with Crippen molar-refractivity contribution in [3.63, 3.8) is 0 Å². The van der Waals surface area contributed by atoms with Crippen molar-refractivity contribution in [1.82, 2.24) is 4.90 Å². The van der Waals surface area contributed by atoms with Gasteiger partial charge in [0.1, 0.15) is 5.75 Å². The van der Waals surface area contributed by atoms with E-state index in [1.807, 2.05) is 17.0 Å². The quantitative estimate of drug-likeness (QED) is 0.847. The summed E-state index contributed by atoms with van der Waals surface area (Å²) in [7, 11) is 0. The Morgan fingerprint density at radius 3 is 2.67 bits per heavy atom. The van der Waals surface area contributed by atoms with E-state index in [4.69, 9.17) is 10.5 Å². The molecule has 1 aliphatic rings. The number of piperidine rings is 1. The molecule has 0 radical (unpaired) electrons. The van der Waals surface area contributed by atoms with Crippen LogP contribution in [0.3, 0.4) is 0 Å². The van der Waals surface area contributed by atoms with Crippen LogP contribution in [-0.2, 0) is 4.79 Å². The first-order valence-electron chi connectivity index (χ1n) is 7.79. The first-order chi connectivity index (χ1) is 10.1. The van der Waals surface area contributed by atoms with Gasteiger partial charge in [0, 0.05) is 25.6 Å². The zero-order valence-corrected chi connectivity index (χ0v) is 13.1. The van der Waals surface area contributed by atoms with Crippen LogP contribution < -0.4 is 10.5 Å². The summed E-state index contributed by atoms with van der Waals surface area (Å²) in [6.07, 6.45) is 3.16. The largest absolute Gasteiger partial charge is 0.494 e. The molecular weight excluding hydrogens is 264 g/mol. The van der Waals surface area contributed by atoms with E-state index in [1.165, 1.54) is 11.1 Å². The lowest BCUT2D eigenvalue weighted by molar-refractivity contribution is -0.132. The van der Waals surface area contributed by atoms with Gasteiger partial charge < -0.3 is 15.4 Å². The number of hydrogen-bond acceptors (Lipinski definition) is 3. The van der Waals surface area contributed by atoms with Crippen LogP contribution in [0.2, 0.25) is 0 Å². The molecule has 1 aromatic rings. The average Bonchev–Trinajstić information content (AvgIpc) is 2.47. The topological polar surface area (TPSA) is 55.6 Å². The number of hydrogen-bond donors (Lipinski definition) is 1. The summed E-state index contributed by atoms with van der Waals surface area (Å²) in [6.45, 7) is 6.35. The molecule has 0 bridgehead atoms. The van der Waals surface area contributed by atoms with Gasteiger partial charge in [-0.3, -0.25) is 4.79 Å². The fourth-order valence-corrected chi connectivity index (χ4v) is 2.52. The molecule has 1 fully saturated rings. The third-order valence-electron chi connectivity index (χ3n) is 4.17. The van der Waals surface area contributed by atoms with E-state index < -0.39 is 0 Å². The molecule has 4 nitrogen and oxygen atoms in total. The number of benzene rings is 1. The highest BCUT2D eigenvalue weighted by Gasteiger charge is 2.19. The summed E-state index contributed by atoms with van der Waals surface area (Å²) in [5, 5.41) is 0. The third-order valence-corrected chi connectivity index (χ3v) is 4.17. The Hall–Kier alpha value is -1.55. The van der Waals surface area contributed by atoms with Crippen molar-refractivity contribution in [3.8, 4) is 5.75 Å². The first kappa shape index (κ1) is 15.8. The zero-order chi connectivity index (χ0) is 15.2. The van der Waals surface area contributed by atoms with Crippen molar-refractivity contribution < 1.29 is 9.53 Å². The van der Waals surface area contributed by atoms with E-state index in [2.05, 4.69) is 19.9 Å². The van der Waals surface area contributed by atoms with Gasteiger partial charge in [0.05, 0.1) is 6.61 Å². The molecule has 0 aromatic heterocycles. The maximum absolute atomic E-state index is 12.0. The van der Waals surface area contributed by atoms with Gasteiger partial charge in [-0.2, -0.15) is 0 Å². The summed E-state index contributed by atoms with van der Waals surface area (Å²) >= 11 is 0. The van der Waals surface area contributed by atoms with Crippen molar-refractivity contribution in [2.75, 3.05) is 19.7 Å². The molecule has 2 rings (SSSR count). The van der Waals surface area contributed by atoms with Gasteiger partial charge in [-0.05, 0) is 56.4 Å². The number of ether oxygens (including phenoxy) is 1. The van der Waals surface area contributed by atoms with Crippen molar-refractivity contribution >= 4 is 5.91 Å². The minimum Gasteiger partial charge on any atom is -0.494 e. The van der Waals surface area contributed by atoms with E-state index in [0.29, 0.717) is 13.0 Å². The van der Waals surface area contributed by atoms with Gasteiger partial charge in [0.25, 0.3) is 0 Å². The van der Waals surface area contributed by atoms with E-state index in [1.54, 1.807) is 0 Å². The Bertz CT molecular complexity index is 480. The Morgan fingerprint density at radius 1 is 1.29 bits per heavy atom. The van der Waals surface area contributed by atoms with Crippen LogP contribution in [0, 0.1) is 13.8 Å². The number of carbonyl (C=O) groups is 1. The smallest absolute Gasteiger partial charge is 0.222 e. The van der Waals surface area contributed by atoms with Gasteiger partial charge in [-0.15, -0.1) is 0 Å². The molecule has 0 saturated carbocycles. The second-order valence-corrected chi connectivity index (χ2v) is 5.92. The highest BCUT2D eigenvalue weighted by atomic mass is 16.5. The maximum atomic E-state index is 12.0. The summed E-state index contributed by atoms with van der Waals surface area (Å²) < 4.78 is 5.71. The average molecular weight is 290 g/mol. The van der Waals surface area contributed by atoms with Crippen LogP contribution in [0.15, 0.2) is 18.2 Å². The lowest BCUT2D eigenvalue weighted by Gasteiger charge is -2.30. The molecule has 0 unspecified atom stereocenters. The van der Waals surface area contributed by atoms with Crippen molar-refractivity contribution in [2.24, 2.45) is 5.73 Å². The molecule has 1 heterocycles. The van der Waals surface area contributed by atoms with Gasteiger partial charge in [-0.1, -0.05) is 6.07 Å². The van der Waals surface area contributed by atoms with Gasteiger partial charge >= 0.3 is 0 Å². The van der Waals surface area contributed by atoms with Crippen LogP contribution >= 0.6 is 0 Å². The molecule has 0 spiro atoms. The lowest BCUT2D eigenvalue weighted by Crippen LogP contribution is -2.42. The lowest BCUT2D eigenvalue weighted by atomic mass is 10.1. The molecule has 116 valence electrons. The fourth-order valence-electron chi connectivity index (χ4n) is 2.52. The second-order valence-electron chi connectivity index (χ2n) is 5.92. The van der Waals surface area contributed by atoms with Crippen LogP contribution in [-0.4, -0.2) is 36.5 Å². The molecule has 1 amide bonds. The van der Waals surface area contributed by atoms with Crippen molar-refractivity contribution in [3.05, 3.63) is 29.3 Å². The van der Waals surface area contributed by atoms with E-state index >= 15 is 0 Å².